The molecule has 0 amide bonds. The highest BCUT2D eigenvalue weighted by atomic mass is 16.6. The molecule has 140 valence electrons. The van der Waals surface area contributed by atoms with Crippen molar-refractivity contribution in [2.75, 3.05) is 27.8 Å². The smallest absolute Gasteiger partial charge is 0.340 e. The van der Waals surface area contributed by atoms with Gasteiger partial charge in [0.1, 0.15) is 0 Å². The number of carbonyl (C=O) groups excluding carboxylic acids is 2. The third-order valence-electron chi connectivity index (χ3n) is 3.54. The second-order valence-electron chi connectivity index (χ2n) is 5.38. The van der Waals surface area contributed by atoms with E-state index in [1.807, 2.05) is 0 Å². The van der Waals surface area contributed by atoms with Gasteiger partial charge in [-0.05, 0) is 38.6 Å². The van der Waals surface area contributed by atoms with E-state index in [-0.39, 0.29) is 11.5 Å². The minimum Gasteiger partial charge on any atom is -0.421 e. The van der Waals surface area contributed by atoms with E-state index < -0.39 is 30.3 Å². The van der Waals surface area contributed by atoms with Gasteiger partial charge in [0.25, 0.3) is 0 Å². The lowest BCUT2D eigenvalue weighted by atomic mass is 10.1. The van der Waals surface area contributed by atoms with Gasteiger partial charge in [-0.1, -0.05) is 6.07 Å². The maximum absolute atomic E-state index is 12.0. The average Bonchev–Trinajstić information content (AvgIpc) is 2.61. The molecule has 1 aromatic carbocycles. The molecule has 0 bridgehead atoms. The van der Waals surface area contributed by atoms with Gasteiger partial charge >= 0.3 is 11.9 Å². The van der Waals surface area contributed by atoms with Gasteiger partial charge in [0.15, 0.2) is 23.7 Å². The standard InChI is InChI=1S/C17H25NO7/c1-10(22-4)16(20)24-14-7-6-12(13(19)9-18-3)8-15(14)25-17(21)11(2)23-5/h6-8,10-11,13,18-19H,9H2,1-5H3/t10?,11?,13-/m0/s1. The average molecular weight is 355 g/mol. The Morgan fingerprint density at radius 1 is 1.04 bits per heavy atom. The van der Waals surface area contributed by atoms with Gasteiger partial charge in [-0.15, -0.1) is 0 Å². The van der Waals surface area contributed by atoms with Crippen LogP contribution >= 0.6 is 0 Å². The number of ether oxygens (including phenoxy) is 4. The summed E-state index contributed by atoms with van der Waals surface area (Å²) < 4.78 is 20.3. The topological polar surface area (TPSA) is 103 Å². The minimum atomic E-state index is -0.815. The number of hydrogen-bond donors (Lipinski definition) is 2. The Labute approximate surface area is 147 Å². The van der Waals surface area contributed by atoms with Crippen molar-refractivity contribution in [1.29, 1.82) is 0 Å². The van der Waals surface area contributed by atoms with Gasteiger partial charge in [0.05, 0.1) is 6.10 Å². The molecule has 3 atom stereocenters. The number of esters is 2. The fourth-order valence-corrected chi connectivity index (χ4v) is 1.78. The van der Waals surface area contributed by atoms with Gasteiger partial charge in [-0.3, -0.25) is 0 Å². The number of hydrogen-bond acceptors (Lipinski definition) is 8. The van der Waals surface area contributed by atoms with Crippen molar-refractivity contribution in [1.82, 2.24) is 5.32 Å². The molecule has 1 aromatic rings. The second-order valence-corrected chi connectivity index (χ2v) is 5.38. The molecule has 0 spiro atoms. The Balaban J connectivity index is 3.12. The minimum absolute atomic E-state index is 0.0122. The van der Waals surface area contributed by atoms with E-state index in [1.165, 1.54) is 40.2 Å². The lowest BCUT2D eigenvalue weighted by Crippen LogP contribution is -2.27. The Kier molecular flexibility index (Phi) is 8.50. The number of nitrogens with one attached hydrogen (secondary N) is 1. The van der Waals surface area contributed by atoms with E-state index in [0.717, 1.165) is 0 Å². The van der Waals surface area contributed by atoms with E-state index in [0.29, 0.717) is 12.1 Å². The Morgan fingerprint density at radius 2 is 1.56 bits per heavy atom. The summed E-state index contributed by atoms with van der Waals surface area (Å²) in [7, 11) is 4.46. The van der Waals surface area contributed by atoms with Crippen LogP contribution in [0.2, 0.25) is 0 Å². The number of benzene rings is 1. The molecular weight excluding hydrogens is 330 g/mol. The summed E-state index contributed by atoms with van der Waals surface area (Å²) >= 11 is 0. The van der Waals surface area contributed by atoms with Crippen molar-refractivity contribution in [3.63, 3.8) is 0 Å². The van der Waals surface area contributed by atoms with Crippen LogP contribution in [0.3, 0.4) is 0 Å². The summed E-state index contributed by atoms with van der Waals surface area (Å²) in [6.07, 6.45) is -2.40. The van der Waals surface area contributed by atoms with E-state index in [1.54, 1.807) is 13.1 Å². The van der Waals surface area contributed by atoms with E-state index >= 15 is 0 Å². The zero-order valence-corrected chi connectivity index (χ0v) is 15.1. The number of likely N-dealkylation sites (N-methyl/N-ethyl adjacent to an activating group) is 1. The lowest BCUT2D eigenvalue weighted by Gasteiger charge is -2.17. The largest absolute Gasteiger partial charge is 0.421 e. The normalized spacial score (nSPS) is 14.5. The predicted octanol–water partition coefficient (Wildman–Crippen LogP) is 0.820. The predicted molar refractivity (Wildman–Crippen MR) is 89.5 cm³/mol. The first-order chi connectivity index (χ1) is 11.8. The van der Waals surface area contributed by atoms with Crippen LogP contribution in [0.5, 0.6) is 11.5 Å². The molecule has 0 aliphatic rings. The first kappa shape index (κ1) is 21.0. The number of rotatable bonds is 9. The summed E-state index contributed by atoms with van der Waals surface area (Å²) in [5.41, 5.74) is 0.502. The molecule has 1 rings (SSSR count). The van der Waals surface area contributed by atoms with E-state index in [2.05, 4.69) is 5.32 Å². The molecule has 0 heterocycles. The molecule has 0 fully saturated rings. The van der Waals surface area contributed by atoms with Gasteiger partial charge in [-0.25, -0.2) is 9.59 Å². The second kappa shape index (κ2) is 10.1. The molecule has 0 aliphatic heterocycles. The maximum atomic E-state index is 12.0. The summed E-state index contributed by atoms with van der Waals surface area (Å²) in [5, 5.41) is 12.9. The molecule has 25 heavy (non-hydrogen) atoms. The highest BCUT2D eigenvalue weighted by Crippen LogP contribution is 2.31. The number of aliphatic hydroxyl groups is 1. The third kappa shape index (κ3) is 6.09. The van der Waals surface area contributed by atoms with Crippen molar-refractivity contribution in [3.05, 3.63) is 23.8 Å². The number of methoxy groups -OCH3 is 2. The first-order valence-electron chi connectivity index (χ1n) is 7.79. The Hall–Kier alpha value is -2.00. The highest BCUT2D eigenvalue weighted by molar-refractivity contribution is 5.80. The summed E-state index contributed by atoms with van der Waals surface area (Å²) in [5.74, 6) is -1.23. The van der Waals surface area contributed by atoms with Crippen LogP contribution in [0.4, 0.5) is 0 Å². The number of carbonyl (C=O) groups is 2. The quantitative estimate of drug-likeness (QED) is 0.496. The maximum Gasteiger partial charge on any atom is 0.340 e. The first-order valence-corrected chi connectivity index (χ1v) is 7.79. The van der Waals surface area contributed by atoms with Crippen LogP contribution in [-0.2, 0) is 19.1 Å². The van der Waals surface area contributed by atoms with E-state index in [9.17, 15) is 14.7 Å². The van der Waals surface area contributed by atoms with E-state index in [4.69, 9.17) is 18.9 Å². The summed E-state index contributed by atoms with van der Waals surface area (Å²) in [6, 6.07) is 4.48. The van der Waals surface area contributed by atoms with Crippen molar-refractivity contribution in [2.45, 2.75) is 32.2 Å². The molecule has 8 heteroatoms. The van der Waals surface area contributed by atoms with Crippen molar-refractivity contribution < 1.29 is 33.6 Å². The zero-order chi connectivity index (χ0) is 19.0. The van der Waals surface area contributed by atoms with Crippen LogP contribution in [-0.4, -0.2) is 57.1 Å². The highest BCUT2D eigenvalue weighted by Gasteiger charge is 2.22. The molecule has 2 unspecified atom stereocenters. The monoisotopic (exact) mass is 355 g/mol. The SMILES string of the molecule is CNC[C@H](O)c1ccc(OC(=O)C(C)OC)c(OC(=O)C(C)OC)c1. The summed E-state index contributed by atoms with van der Waals surface area (Å²) in [4.78, 5) is 23.9. The Morgan fingerprint density at radius 3 is 2.04 bits per heavy atom. The van der Waals surface area contributed by atoms with Crippen LogP contribution in [0.15, 0.2) is 18.2 Å². The molecule has 0 aromatic heterocycles. The van der Waals surface area contributed by atoms with Gasteiger partial charge in [-0.2, -0.15) is 0 Å². The molecule has 0 radical (unpaired) electrons. The molecule has 0 saturated carbocycles. The van der Waals surface area contributed by atoms with Crippen LogP contribution in [0.25, 0.3) is 0 Å². The third-order valence-corrected chi connectivity index (χ3v) is 3.54. The molecular formula is C17H25NO7. The Bertz CT molecular complexity index is 590. The fourth-order valence-electron chi connectivity index (χ4n) is 1.78. The molecule has 0 saturated heterocycles. The van der Waals surface area contributed by atoms with Crippen molar-refractivity contribution in [2.24, 2.45) is 0 Å². The van der Waals surface area contributed by atoms with Crippen molar-refractivity contribution in [3.8, 4) is 11.5 Å². The van der Waals surface area contributed by atoms with Crippen LogP contribution < -0.4 is 14.8 Å². The van der Waals surface area contributed by atoms with Gasteiger partial charge in [0, 0.05) is 20.8 Å². The zero-order valence-electron chi connectivity index (χ0n) is 15.1. The van der Waals surface area contributed by atoms with Crippen LogP contribution in [0.1, 0.15) is 25.5 Å². The van der Waals surface area contributed by atoms with Gasteiger partial charge in [0.2, 0.25) is 0 Å². The summed E-state index contributed by atoms with van der Waals surface area (Å²) in [6.45, 7) is 3.37. The molecule has 2 N–H and O–H groups in total. The molecule has 8 nitrogen and oxygen atoms in total. The number of aliphatic hydroxyl groups excluding tert-OH is 1. The van der Waals surface area contributed by atoms with Crippen LogP contribution in [0, 0.1) is 0 Å². The van der Waals surface area contributed by atoms with Gasteiger partial charge < -0.3 is 29.4 Å². The molecule has 0 aliphatic carbocycles. The fraction of sp³-hybridized carbons (Fsp3) is 0.529. The lowest BCUT2D eigenvalue weighted by molar-refractivity contribution is -0.147. The van der Waals surface area contributed by atoms with Crippen molar-refractivity contribution >= 4 is 11.9 Å².